The number of halogens is 3. The molecule has 0 bridgehead atoms. The standard InChI is InChI=1S/C19H20F3N3O2S/c1-12-8-13(2)18(14(3)9-12)28(26,27)25-17(19(20,21)22)11-24-16-6-4-15(10-23)5-7-16/h4-9,17,24-25H,11H2,1-3H3. The van der Waals surface area contributed by atoms with Gasteiger partial charge in [-0.25, -0.2) is 8.42 Å². The van der Waals surface area contributed by atoms with Crippen molar-refractivity contribution in [3.05, 3.63) is 58.7 Å². The Morgan fingerprint density at radius 3 is 2.07 bits per heavy atom. The monoisotopic (exact) mass is 411 g/mol. The zero-order valence-corrected chi connectivity index (χ0v) is 16.4. The molecule has 5 nitrogen and oxygen atoms in total. The van der Waals surface area contributed by atoms with E-state index in [2.05, 4.69) is 5.32 Å². The van der Waals surface area contributed by atoms with Crippen LogP contribution >= 0.6 is 0 Å². The molecule has 0 aromatic heterocycles. The third-order valence-electron chi connectivity index (χ3n) is 4.09. The smallest absolute Gasteiger partial charge is 0.383 e. The van der Waals surface area contributed by atoms with Crippen LogP contribution in [-0.4, -0.2) is 27.2 Å². The maximum absolute atomic E-state index is 13.4. The van der Waals surface area contributed by atoms with E-state index in [0.29, 0.717) is 22.4 Å². The first-order valence-electron chi connectivity index (χ1n) is 8.35. The number of nitrogens with one attached hydrogen (secondary N) is 2. The van der Waals surface area contributed by atoms with Crippen LogP contribution in [0.3, 0.4) is 0 Å². The van der Waals surface area contributed by atoms with Crippen molar-refractivity contribution < 1.29 is 21.6 Å². The first-order valence-corrected chi connectivity index (χ1v) is 9.83. The van der Waals surface area contributed by atoms with Gasteiger partial charge < -0.3 is 5.32 Å². The summed E-state index contributed by atoms with van der Waals surface area (Å²) in [5.41, 5.74) is 2.29. The minimum Gasteiger partial charge on any atom is -0.383 e. The Morgan fingerprint density at radius 2 is 1.61 bits per heavy atom. The van der Waals surface area contributed by atoms with Gasteiger partial charge >= 0.3 is 6.18 Å². The fourth-order valence-corrected chi connectivity index (χ4v) is 4.62. The number of nitrogens with zero attached hydrogens (tertiary/aromatic N) is 1. The number of benzene rings is 2. The van der Waals surface area contributed by atoms with Crippen molar-refractivity contribution in [3.8, 4) is 6.07 Å². The van der Waals surface area contributed by atoms with Crippen molar-refractivity contribution in [2.75, 3.05) is 11.9 Å². The van der Waals surface area contributed by atoms with Gasteiger partial charge in [-0.15, -0.1) is 0 Å². The number of anilines is 1. The summed E-state index contributed by atoms with van der Waals surface area (Å²) in [7, 11) is -4.39. The molecule has 0 aliphatic carbocycles. The van der Waals surface area contributed by atoms with Crippen molar-refractivity contribution in [2.24, 2.45) is 0 Å². The minimum atomic E-state index is -4.79. The fraction of sp³-hybridized carbons (Fsp3) is 0.316. The number of alkyl halides is 3. The number of rotatable bonds is 6. The van der Waals surface area contributed by atoms with Crippen LogP contribution in [0.15, 0.2) is 41.3 Å². The molecular weight excluding hydrogens is 391 g/mol. The first kappa shape index (κ1) is 21.7. The van der Waals surface area contributed by atoms with Gasteiger partial charge in [0.15, 0.2) is 0 Å². The van der Waals surface area contributed by atoms with E-state index < -0.39 is 28.8 Å². The van der Waals surface area contributed by atoms with E-state index in [1.165, 1.54) is 24.3 Å². The Kier molecular flexibility index (Phi) is 6.37. The van der Waals surface area contributed by atoms with Gasteiger partial charge in [0.25, 0.3) is 0 Å². The number of aryl methyl sites for hydroxylation is 3. The van der Waals surface area contributed by atoms with Gasteiger partial charge in [-0.2, -0.15) is 23.2 Å². The van der Waals surface area contributed by atoms with Crippen molar-refractivity contribution >= 4 is 15.7 Å². The van der Waals surface area contributed by atoms with Crippen LogP contribution in [0.1, 0.15) is 22.3 Å². The van der Waals surface area contributed by atoms with Gasteiger partial charge in [0, 0.05) is 12.2 Å². The normalized spacial score (nSPS) is 13.0. The third kappa shape index (κ3) is 5.24. The third-order valence-corrected chi connectivity index (χ3v) is 5.87. The summed E-state index contributed by atoms with van der Waals surface area (Å²) in [5, 5.41) is 11.3. The van der Waals surface area contributed by atoms with Gasteiger partial charge in [-0.05, 0) is 56.2 Å². The molecule has 0 saturated carbocycles. The second-order valence-electron chi connectivity index (χ2n) is 6.51. The quantitative estimate of drug-likeness (QED) is 0.758. The highest BCUT2D eigenvalue weighted by atomic mass is 32.2. The molecule has 0 aliphatic heterocycles. The molecule has 1 unspecified atom stereocenters. The Balaban J connectivity index is 2.25. The number of hydrogen-bond donors (Lipinski definition) is 2. The Hall–Kier alpha value is -2.57. The Labute approximate surface area is 162 Å². The fourth-order valence-electron chi connectivity index (χ4n) is 2.94. The van der Waals surface area contributed by atoms with E-state index in [-0.39, 0.29) is 4.90 Å². The van der Waals surface area contributed by atoms with Crippen LogP contribution in [0.25, 0.3) is 0 Å². The average Bonchev–Trinajstić information content (AvgIpc) is 2.56. The van der Waals surface area contributed by atoms with Crippen LogP contribution in [0, 0.1) is 32.1 Å². The van der Waals surface area contributed by atoms with Crippen molar-refractivity contribution in [1.82, 2.24) is 4.72 Å². The van der Waals surface area contributed by atoms with Crippen molar-refractivity contribution in [3.63, 3.8) is 0 Å². The van der Waals surface area contributed by atoms with Crippen LogP contribution in [0.4, 0.5) is 18.9 Å². The Bertz CT molecular complexity index is 972. The lowest BCUT2D eigenvalue weighted by atomic mass is 10.1. The van der Waals surface area contributed by atoms with E-state index in [4.69, 9.17) is 5.26 Å². The Morgan fingerprint density at radius 1 is 1.07 bits per heavy atom. The molecule has 0 radical (unpaired) electrons. The lowest BCUT2D eigenvalue weighted by Crippen LogP contribution is -2.49. The second kappa shape index (κ2) is 8.20. The maximum atomic E-state index is 13.4. The molecule has 9 heteroatoms. The maximum Gasteiger partial charge on any atom is 0.406 e. The summed E-state index contributed by atoms with van der Waals surface area (Å²) in [4.78, 5) is -0.147. The highest BCUT2D eigenvalue weighted by Crippen LogP contribution is 2.26. The highest BCUT2D eigenvalue weighted by molar-refractivity contribution is 7.89. The van der Waals surface area contributed by atoms with E-state index in [9.17, 15) is 21.6 Å². The molecule has 150 valence electrons. The number of nitriles is 1. The molecule has 0 fully saturated rings. The van der Waals surface area contributed by atoms with E-state index in [0.717, 1.165) is 5.56 Å². The minimum absolute atomic E-state index is 0.147. The predicted molar refractivity (Wildman–Crippen MR) is 100 cm³/mol. The molecule has 0 amide bonds. The predicted octanol–water partition coefficient (Wildman–Crippen LogP) is 3.80. The molecule has 1 atom stereocenters. The van der Waals surface area contributed by atoms with Crippen molar-refractivity contribution in [2.45, 2.75) is 37.9 Å². The van der Waals surface area contributed by atoms with Gasteiger partial charge in [-0.3, -0.25) is 0 Å². The van der Waals surface area contributed by atoms with Gasteiger partial charge in [0.2, 0.25) is 10.0 Å². The van der Waals surface area contributed by atoms with Crippen LogP contribution in [-0.2, 0) is 10.0 Å². The van der Waals surface area contributed by atoms with Crippen molar-refractivity contribution in [1.29, 1.82) is 5.26 Å². The van der Waals surface area contributed by atoms with Crippen LogP contribution < -0.4 is 10.0 Å². The molecule has 2 rings (SSSR count). The molecule has 2 N–H and O–H groups in total. The summed E-state index contributed by atoms with van der Waals surface area (Å²) < 4.78 is 67.4. The molecular formula is C19H20F3N3O2S. The van der Waals surface area contributed by atoms with Gasteiger partial charge in [0.05, 0.1) is 16.5 Å². The molecule has 0 saturated heterocycles. The average molecular weight is 411 g/mol. The molecule has 0 spiro atoms. The van der Waals surface area contributed by atoms with E-state index >= 15 is 0 Å². The zero-order valence-electron chi connectivity index (χ0n) is 15.6. The summed E-state index contributed by atoms with van der Waals surface area (Å²) >= 11 is 0. The molecule has 0 heterocycles. The lowest BCUT2D eigenvalue weighted by Gasteiger charge is -2.23. The number of sulfonamides is 1. The van der Waals surface area contributed by atoms with Gasteiger partial charge in [-0.1, -0.05) is 17.7 Å². The van der Waals surface area contributed by atoms with Crippen LogP contribution in [0.5, 0.6) is 0 Å². The van der Waals surface area contributed by atoms with Gasteiger partial charge in [0.1, 0.15) is 6.04 Å². The molecule has 2 aromatic rings. The van der Waals surface area contributed by atoms with Crippen LogP contribution in [0.2, 0.25) is 0 Å². The van der Waals surface area contributed by atoms with E-state index in [1.54, 1.807) is 37.6 Å². The summed E-state index contributed by atoms with van der Waals surface area (Å²) in [6, 6.07) is 8.61. The lowest BCUT2D eigenvalue weighted by molar-refractivity contribution is -0.148. The van der Waals surface area contributed by atoms with E-state index in [1.807, 2.05) is 6.07 Å². The SMILES string of the molecule is Cc1cc(C)c(S(=O)(=O)NC(CNc2ccc(C#N)cc2)C(F)(F)F)c(C)c1. The first-order chi connectivity index (χ1) is 12.9. The topological polar surface area (TPSA) is 82.0 Å². The second-order valence-corrected chi connectivity index (χ2v) is 8.16. The zero-order chi connectivity index (χ0) is 21.1. The molecule has 0 aliphatic rings. The summed E-state index contributed by atoms with van der Waals surface area (Å²) in [6.07, 6.45) is -4.79. The number of hydrogen-bond acceptors (Lipinski definition) is 4. The summed E-state index contributed by atoms with van der Waals surface area (Å²) in [5.74, 6) is 0. The molecule has 2 aromatic carbocycles. The largest absolute Gasteiger partial charge is 0.406 e. The summed E-state index contributed by atoms with van der Waals surface area (Å²) in [6.45, 7) is 4.18. The highest BCUT2D eigenvalue weighted by Gasteiger charge is 2.42. The molecule has 28 heavy (non-hydrogen) atoms.